The molecular formula is C51H40N2. The summed E-state index contributed by atoms with van der Waals surface area (Å²) in [5.41, 5.74) is 8.98. The summed E-state index contributed by atoms with van der Waals surface area (Å²) < 4.78 is 2.57. The van der Waals surface area contributed by atoms with Crippen LogP contribution < -0.4 is 0 Å². The van der Waals surface area contributed by atoms with Gasteiger partial charge in [-0.25, -0.2) is 4.99 Å². The molecule has 2 heterocycles. The molecule has 0 saturated carbocycles. The van der Waals surface area contributed by atoms with Crippen LogP contribution in [0.4, 0.5) is 0 Å². The van der Waals surface area contributed by atoms with Crippen LogP contribution in [-0.2, 0) is 5.41 Å². The fourth-order valence-corrected chi connectivity index (χ4v) is 10.3. The van der Waals surface area contributed by atoms with Crippen molar-refractivity contribution in [2.75, 3.05) is 0 Å². The third-order valence-corrected chi connectivity index (χ3v) is 12.8. The van der Waals surface area contributed by atoms with Crippen LogP contribution in [0, 0.1) is 5.92 Å². The second-order valence-corrected chi connectivity index (χ2v) is 15.7. The fraction of sp³-hybridized carbons (Fsp3) is 0.157. The zero-order chi connectivity index (χ0) is 35.4. The first kappa shape index (κ1) is 30.6. The topological polar surface area (TPSA) is 17.3 Å². The number of fused-ring (bicyclic) bond motifs is 14. The van der Waals surface area contributed by atoms with Crippen molar-refractivity contribution < 1.29 is 0 Å². The second-order valence-electron chi connectivity index (χ2n) is 15.7. The maximum Gasteiger partial charge on any atom is 0.122 e. The molecule has 0 fully saturated rings. The van der Waals surface area contributed by atoms with E-state index in [1.807, 2.05) is 0 Å². The van der Waals surface area contributed by atoms with Crippen LogP contribution in [0.25, 0.3) is 70.6 Å². The first-order valence-electron chi connectivity index (χ1n) is 19.2. The Hall–Kier alpha value is -5.99. The van der Waals surface area contributed by atoms with E-state index in [0.717, 1.165) is 18.7 Å². The number of rotatable bonds is 2. The van der Waals surface area contributed by atoms with Gasteiger partial charge in [0, 0.05) is 33.1 Å². The Morgan fingerprint density at radius 1 is 0.566 bits per heavy atom. The summed E-state index contributed by atoms with van der Waals surface area (Å²) in [6.07, 6.45) is 2.07. The Morgan fingerprint density at radius 2 is 1.15 bits per heavy atom. The highest BCUT2D eigenvalue weighted by Gasteiger charge is 2.43. The summed E-state index contributed by atoms with van der Waals surface area (Å²) in [5.74, 6) is 1.60. The van der Waals surface area contributed by atoms with Crippen molar-refractivity contribution >= 4 is 76.4 Å². The van der Waals surface area contributed by atoms with Crippen molar-refractivity contribution in [3.63, 3.8) is 0 Å². The third kappa shape index (κ3) is 4.18. The van der Waals surface area contributed by atoms with Crippen LogP contribution in [0.2, 0.25) is 0 Å². The van der Waals surface area contributed by atoms with Gasteiger partial charge in [0.05, 0.1) is 16.7 Å². The molecule has 0 radical (unpaired) electrons. The number of benzene rings is 8. The van der Waals surface area contributed by atoms with Gasteiger partial charge < -0.3 is 0 Å². The van der Waals surface area contributed by atoms with Gasteiger partial charge >= 0.3 is 0 Å². The van der Waals surface area contributed by atoms with E-state index in [0.29, 0.717) is 5.92 Å². The maximum atomic E-state index is 6.00. The molecule has 11 rings (SSSR count). The molecular weight excluding hydrogens is 641 g/mol. The van der Waals surface area contributed by atoms with Gasteiger partial charge in [-0.15, -0.1) is 0 Å². The van der Waals surface area contributed by atoms with Crippen LogP contribution in [0.5, 0.6) is 0 Å². The number of hydrogen-bond acceptors (Lipinski definition) is 1. The van der Waals surface area contributed by atoms with E-state index >= 15 is 0 Å². The van der Waals surface area contributed by atoms with Gasteiger partial charge in [-0.05, 0) is 78.9 Å². The highest BCUT2D eigenvalue weighted by molar-refractivity contribution is 6.38. The van der Waals surface area contributed by atoms with Crippen LogP contribution >= 0.6 is 0 Å². The molecule has 9 aromatic rings. The zero-order valence-corrected chi connectivity index (χ0v) is 30.4. The summed E-state index contributed by atoms with van der Waals surface area (Å²) in [6.45, 7) is 7.20. The molecule has 2 nitrogen and oxygen atoms in total. The predicted molar refractivity (Wildman–Crippen MR) is 226 cm³/mol. The highest BCUT2D eigenvalue weighted by atomic mass is 15.1. The van der Waals surface area contributed by atoms with Crippen molar-refractivity contribution in [1.29, 1.82) is 0 Å². The van der Waals surface area contributed by atoms with Gasteiger partial charge in [-0.3, -0.25) is 4.57 Å². The fourth-order valence-electron chi connectivity index (χ4n) is 10.3. The summed E-state index contributed by atoms with van der Waals surface area (Å²) in [7, 11) is 0. The quantitative estimate of drug-likeness (QED) is 0.162. The lowest BCUT2D eigenvalue weighted by Crippen LogP contribution is -2.28. The molecule has 2 heteroatoms. The van der Waals surface area contributed by atoms with E-state index in [9.17, 15) is 0 Å². The molecule has 0 saturated heterocycles. The molecule has 0 spiro atoms. The maximum absolute atomic E-state index is 6.00. The van der Waals surface area contributed by atoms with Gasteiger partial charge in [-0.2, -0.15) is 0 Å². The van der Waals surface area contributed by atoms with Crippen molar-refractivity contribution in [2.45, 2.75) is 44.9 Å². The Labute approximate surface area is 309 Å². The Morgan fingerprint density at radius 3 is 1.91 bits per heavy atom. The van der Waals surface area contributed by atoms with Gasteiger partial charge in [0.2, 0.25) is 0 Å². The van der Waals surface area contributed by atoms with E-state index in [2.05, 4.69) is 177 Å². The average Bonchev–Trinajstić information content (AvgIpc) is 3.57. The minimum Gasteiger partial charge on any atom is -0.297 e. The van der Waals surface area contributed by atoms with Gasteiger partial charge in [0.1, 0.15) is 5.84 Å². The number of nitrogens with zero attached hydrogens (tertiary/aromatic N) is 2. The summed E-state index contributed by atoms with van der Waals surface area (Å²) in [6, 6.07) is 56.5. The van der Waals surface area contributed by atoms with E-state index in [4.69, 9.17) is 4.99 Å². The Balaban J connectivity index is 1.36. The summed E-state index contributed by atoms with van der Waals surface area (Å²) in [5, 5.41) is 13.0. The smallest absolute Gasteiger partial charge is 0.122 e. The number of aliphatic imine (C=N–C) groups is 1. The molecule has 53 heavy (non-hydrogen) atoms. The minimum absolute atomic E-state index is 0.0905. The van der Waals surface area contributed by atoms with E-state index in [-0.39, 0.29) is 11.3 Å². The van der Waals surface area contributed by atoms with Crippen LogP contribution in [0.3, 0.4) is 0 Å². The molecule has 2 aliphatic rings. The monoisotopic (exact) mass is 680 g/mol. The van der Waals surface area contributed by atoms with E-state index in [1.165, 1.54) is 92.9 Å². The largest absolute Gasteiger partial charge is 0.297 e. The number of hydrogen-bond donors (Lipinski definition) is 0. The van der Waals surface area contributed by atoms with Crippen molar-refractivity contribution in [2.24, 2.45) is 10.9 Å². The second kappa shape index (κ2) is 11.3. The molecule has 1 aromatic heterocycles. The molecule has 0 bridgehead atoms. The standard InChI is InChI=1S/C51H40N2/c1-4-31-30-42-49(40-24-14-15-25-41(40)51(42,2)3)52-50(45(31)33-17-6-5-7-18-33)53-43-28-26-32-16-8-9-19-34(32)47(43)48-44(53)29-27-39-37-22-11-10-20-35(37)36-21-12-13-23-38(36)46(39)48/h5-29,31,45H,4,30H2,1-3H3. The molecule has 2 unspecified atom stereocenters. The summed E-state index contributed by atoms with van der Waals surface area (Å²) >= 11 is 0. The van der Waals surface area contributed by atoms with Crippen molar-refractivity contribution in [1.82, 2.24) is 4.57 Å². The molecule has 254 valence electrons. The molecule has 1 aliphatic heterocycles. The average molecular weight is 681 g/mol. The first-order valence-corrected chi connectivity index (χ1v) is 19.2. The lowest BCUT2D eigenvalue weighted by Gasteiger charge is -2.31. The lowest BCUT2D eigenvalue weighted by atomic mass is 9.73. The Bertz CT molecular complexity index is 3010. The highest BCUT2D eigenvalue weighted by Crippen LogP contribution is 2.54. The SMILES string of the molecule is CCC1CC2=C(N=C(n3c4ccc5ccccc5c4c4c5c6ccccc6c6ccccc6c5ccc43)C1c1ccccc1)c1ccccc1C2(C)C. The molecule has 0 amide bonds. The van der Waals surface area contributed by atoms with Crippen molar-refractivity contribution in [3.8, 4) is 0 Å². The van der Waals surface area contributed by atoms with Crippen LogP contribution in [0.15, 0.2) is 162 Å². The van der Waals surface area contributed by atoms with Gasteiger partial charge in [-0.1, -0.05) is 167 Å². The van der Waals surface area contributed by atoms with Crippen molar-refractivity contribution in [3.05, 3.63) is 174 Å². The molecule has 0 N–H and O–H groups in total. The van der Waals surface area contributed by atoms with Crippen LogP contribution in [0.1, 0.15) is 56.2 Å². The number of aromatic nitrogens is 1. The van der Waals surface area contributed by atoms with E-state index < -0.39 is 0 Å². The van der Waals surface area contributed by atoms with Gasteiger partial charge in [0.15, 0.2) is 0 Å². The third-order valence-electron chi connectivity index (χ3n) is 12.8. The number of allylic oxidation sites excluding steroid dienone is 1. The lowest BCUT2D eigenvalue weighted by molar-refractivity contribution is 0.444. The van der Waals surface area contributed by atoms with E-state index in [1.54, 1.807) is 0 Å². The van der Waals surface area contributed by atoms with Gasteiger partial charge in [0.25, 0.3) is 0 Å². The molecule has 1 aliphatic carbocycles. The molecule has 8 aromatic carbocycles. The zero-order valence-electron chi connectivity index (χ0n) is 30.4. The summed E-state index contributed by atoms with van der Waals surface area (Å²) in [4.78, 5) is 6.00. The van der Waals surface area contributed by atoms with Crippen LogP contribution in [-0.4, -0.2) is 10.4 Å². The first-order chi connectivity index (χ1) is 26.0. The molecule has 2 atom stereocenters. The Kier molecular flexibility index (Phi) is 6.50. The minimum atomic E-state index is -0.0905. The normalized spacial score (nSPS) is 18.3. The predicted octanol–water partition coefficient (Wildman–Crippen LogP) is 13.6.